The van der Waals surface area contributed by atoms with Gasteiger partial charge < -0.3 is 10.6 Å². The smallest absolute Gasteiger partial charge is 0.259 e. The topological polar surface area (TPSA) is 54.0 Å². The van der Waals surface area contributed by atoms with Crippen LogP contribution in [0.5, 0.6) is 0 Å². The van der Waals surface area contributed by atoms with Crippen LogP contribution in [0.25, 0.3) is 0 Å². The Morgan fingerprint density at radius 2 is 1.94 bits per heavy atom. The maximum Gasteiger partial charge on any atom is 0.259 e. The van der Waals surface area contributed by atoms with E-state index >= 15 is 0 Å². The third-order valence-electron chi connectivity index (χ3n) is 2.39. The molecule has 1 aromatic heterocycles. The highest BCUT2D eigenvalue weighted by molar-refractivity contribution is 9.10. The lowest BCUT2D eigenvalue weighted by Crippen LogP contribution is -2.14. The lowest BCUT2D eigenvalue weighted by Gasteiger charge is -2.08. The Balaban J connectivity index is 2.19. The van der Waals surface area contributed by atoms with Crippen molar-refractivity contribution in [3.8, 4) is 0 Å². The number of rotatable bonds is 3. The van der Waals surface area contributed by atoms with Crippen molar-refractivity contribution in [2.24, 2.45) is 0 Å². The molecule has 0 spiro atoms. The normalized spacial score (nSPS) is 9.89. The van der Waals surface area contributed by atoms with Crippen LogP contribution >= 0.6 is 15.9 Å². The van der Waals surface area contributed by atoms with Crippen molar-refractivity contribution < 1.29 is 4.79 Å². The van der Waals surface area contributed by atoms with Gasteiger partial charge in [-0.15, -0.1) is 0 Å². The second-order valence-corrected chi connectivity index (χ2v) is 4.53. The average Bonchev–Trinajstić information content (AvgIpc) is 2.41. The molecular formula is C13H12BrN3O. The molecule has 92 valence electrons. The van der Waals surface area contributed by atoms with E-state index in [1.165, 1.54) is 0 Å². The van der Waals surface area contributed by atoms with E-state index in [0.717, 1.165) is 10.2 Å². The number of amides is 1. The van der Waals surface area contributed by atoms with Gasteiger partial charge in [0, 0.05) is 23.4 Å². The maximum absolute atomic E-state index is 12.1. The third-order valence-corrected chi connectivity index (χ3v) is 2.92. The summed E-state index contributed by atoms with van der Waals surface area (Å²) in [4.78, 5) is 16.2. The van der Waals surface area contributed by atoms with Gasteiger partial charge in [0.25, 0.3) is 5.91 Å². The van der Waals surface area contributed by atoms with Crippen LogP contribution in [0.15, 0.2) is 47.1 Å². The molecule has 2 N–H and O–H groups in total. The average molecular weight is 306 g/mol. The van der Waals surface area contributed by atoms with Gasteiger partial charge in [-0.25, -0.2) is 4.98 Å². The Morgan fingerprint density at radius 1 is 1.22 bits per heavy atom. The van der Waals surface area contributed by atoms with Gasteiger partial charge in [0.05, 0.1) is 5.56 Å². The number of carbonyl (C=O) groups excluding carboxylic acids is 1. The van der Waals surface area contributed by atoms with E-state index in [4.69, 9.17) is 0 Å². The van der Waals surface area contributed by atoms with Crippen LogP contribution in [0.1, 0.15) is 10.4 Å². The van der Waals surface area contributed by atoms with Gasteiger partial charge in [0.2, 0.25) is 0 Å². The van der Waals surface area contributed by atoms with Gasteiger partial charge in [-0.1, -0.05) is 15.9 Å². The molecule has 0 bridgehead atoms. The summed E-state index contributed by atoms with van der Waals surface area (Å²) in [7, 11) is 1.73. The van der Waals surface area contributed by atoms with E-state index in [1.807, 2.05) is 24.3 Å². The van der Waals surface area contributed by atoms with E-state index in [2.05, 4.69) is 31.5 Å². The Morgan fingerprint density at radius 3 is 2.61 bits per heavy atom. The Hall–Kier alpha value is -1.88. The molecule has 1 aromatic carbocycles. The largest absolute Gasteiger partial charge is 0.372 e. The number of carbonyl (C=O) groups is 1. The molecule has 0 unspecified atom stereocenters. The van der Waals surface area contributed by atoms with Crippen molar-refractivity contribution in [1.82, 2.24) is 4.98 Å². The quantitative estimate of drug-likeness (QED) is 0.916. The highest BCUT2D eigenvalue weighted by Gasteiger charge is 2.11. The molecule has 2 rings (SSSR count). The van der Waals surface area contributed by atoms with E-state index in [9.17, 15) is 4.79 Å². The van der Waals surface area contributed by atoms with Crippen molar-refractivity contribution in [3.63, 3.8) is 0 Å². The Kier molecular flexibility index (Phi) is 3.94. The minimum atomic E-state index is -0.185. The minimum absolute atomic E-state index is 0.185. The second kappa shape index (κ2) is 5.64. The van der Waals surface area contributed by atoms with Crippen LogP contribution in [0, 0.1) is 0 Å². The van der Waals surface area contributed by atoms with Crippen molar-refractivity contribution in [2.75, 3.05) is 17.7 Å². The molecule has 0 fully saturated rings. The molecule has 0 saturated carbocycles. The highest BCUT2D eigenvalue weighted by atomic mass is 79.9. The number of pyridine rings is 1. The Bertz CT molecular complexity index is 554. The number of anilines is 2. The van der Waals surface area contributed by atoms with Crippen LogP contribution in [-0.4, -0.2) is 17.9 Å². The molecule has 4 nitrogen and oxygen atoms in total. The summed E-state index contributed by atoms with van der Waals surface area (Å²) in [6, 6.07) is 10.9. The first kappa shape index (κ1) is 12.6. The van der Waals surface area contributed by atoms with Gasteiger partial charge in [-0.05, 0) is 36.4 Å². The molecule has 5 heteroatoms. The van der Waals surface area contributed by atoms with Crippen LogP contribution in [0.3, 0.4) is 0 Å². The number of aromatic nitrogens is 1. The fourth-order valence-electron chi connectivity index (χ4n) is 1.52. The first-order valence-electron chi connectivity index (χ1n) is 5.40. The number of nitrogens with zero attached hydrogens (tertiary/aromatic N) is 1. The predicted octanol–water partition coefficient (Wildman–Crippen LogP) is 3.14. The molecule has 0 aliphatic carbocycles. The molecule has 18 heavy (non-hydrogen) atoms. The summed E-state index contributed by atoms with van der Waals surface area (Å²) in [5.74, 6) is 0.377. The first-order chi connectivity index (χ1) is 8.70. The van der Waals surface area contributed by atoms with Crippen LogP contribution in [0.4, 0.5) is 11.5 Å². The number of benzene rings is 1. The SMILES string of the molecule is CNc1ncccc1C(=O)Nc1ccc(Br)cc1. The highest BCUT2D eigenvalue weighted by Crippen LogP contribution is 2.17. The number of hydrogen-bond acceptors (Lipinski definition) is 3. The summed E-state index contributed by atoms with van der Waals surface area (Å²) >= 11 is 3.35. The minimum Gasteiger partial charge on any atom is -0.372 e. The van der Waals surface area contributed by atoms with Crippen molar-refractivity contribution in [2.45, 2.75) is 0 Å². The zero-order chi connectivity index (χ0) is 13.0. The summed E-state index contributed by atoms with van der Waals surface area (Å²) in [6.45, 7) is 0. The second-order valence-electron chi connectivity index (χ2n) is 3.61. The molecule has 0 atom stereocenters. The lowest BCUT2D eigenvalue weighted by atomic mass is 10.2. The van der Waals surface area contributed by atoms with Crippen LogP contribution in [-0.2, 0) is 0 Å². The fourth-order valence-corrected chi connectivity index (χ4v) is 1.78. The van der Waals surface area contributed by atoms with E-state index in [-0.39, 0.29) is 5.91 Å². The molecule has 0 saturated heterocycles. The molecule has 1 heterocycles. The zero-order valence-electron chi connectivity index (χ0n) is 9.77. The summed E-state index contributed by atoms with van der Waals surface area (Å²) in [6.07, 6.45) is 1.64. The van der Waals surface area contributed by atoms with Gasteiger partial charge in [-0.3, -0.25) is 4.79 Å². The van der Waals surface area contributed by atoms with E-state index in [0.29, 0.717) is 11.4 Å². The van der Waals surface area contributed by atoms with Crippen LogP contribution in [0.2, 0.25) is 0 Å². The number of hydrogen-bond donors (Lipinski definition) is 2. The summed E-state index contributed by atoms with van der Waals surface area (Å²) in [5.41, 5.74) is 1.26. The van der Waals surface area contributed by atoms with Gasteiger partial charge in [0.15, 0.2) is 0 Å². The molecule has 0 radical (unpaired) electrons. The lowest BCUT2D eigenvalue weighted by molar-refractivity contribution is 0.102. The Labute approximate surface area is 114 Å². The fraction of sp³-hybridized carbons (Fsp3) is 0.0769. The van der Waals surface area contributed by atoms with Gasteiger partial charge in [0.1, 0.15) is 5.82 Å². The maximum atomic E-state index is 12.1. The summed E-state index contributed by atoms with van der Waals surface area (Å²) < 4.78 is 0.970. The molecule has 0 aliphatic heterocycles. The van der Waals surface area contributed by atoms with Gasteiger partial charge >= 0.3 is 0 Å². The predicted molar refractivity (Wildman–Crippen MR) is 75.9 cm³/mol. The van der Waals surface area contributed by atoms with E-state index in [1.54, 1.807) is 25.4 Å². The van der Waals surface area contributed by atoms with E-state index < -0.39 is 0 Å². The zero-order valence-corrected chi connectivity index (χ0v) is 11.4. The van der Waals surface area contributed by atoms with Crippen molar-refractivity contribution in [1.29, 1.82) is 0 Å². The first-order valence-corrected chi connectivity index (χ1v) is 6.19. The number of halogens is 1. The molecule has 0 aliphatic rings. The third kappa shape index (κ3) is 2.87. The molecule has 1 amide bonds. The van der Waals surface area contributed by atoms with Crippen LogP contribution < -0.4 is 10.6 Å². The van der Waals surface area contributed by atoms with Gasteiger partial charge in [-0.2, -0.15) is 0 Å². The molecular weight excluding hydrogens is 294 g/mol. The van der Waals surface area contributed by atoms with Crippen molar-refractivity contribution in [3.05, 3.63) is 52.6 Å². The number of nitrogens with one attached hydrogen (secondary N) is 2. The summed E-state index contributed by atoms with van der Waals surface area (Å²) in [5, 5.41) is 5.71. The van der Waals surface area contributed by atoms with Crippen molar-refractivity contribution >= 4 is 33.3 Å². The molecule has 2 aromatic rings. The monoisotopic (exact) mass is 305 g/mol. The standard InChI is InChI=1S/C13H12BrN3O/c1-15-12-11(3-2-8-16-12)13(18)17-10-6-4-9(14)5-7-10/h2-8H,1H3,(H,15,16)(H,17,18).